The predicted molar refractivity (Wildman–Crippen MR) is 87.7 cm³/mol. The topological polar surface area (TPSA) is 59.9 Å². The number of rotatable bonds is 4. The first-order valence-electron chi connectivity index (χ1n) is 7.13. The van der Waals surface area contributed by atoms with Crippen LogP contribution in [-0.2, 0) is 12.7 Å². The van der Waals surface area contributed by atoms with E-state index >= 15 is 0 Å². The van der Waals surface area contributed by atoms with E-state index in [9.17, 15) is 13.2 Å². The third-order valence-electron chi connectivity index (χ3n) is 3.49. The van der Waals surface area contributed by atoms with Crippen molar-refractivity contribution < 1.29 is 17.9 Å². The molecular weight excluding hydrogens is 357 g/mol. The highest BCUT2D eigenvalue weighted by Crippen LogP contribution is 2.36. The van der Waals surface area contributed by atoms with Gasteiger partial charge >= 0.3 is 6.18 Å². The van der Waals surface area contributed by atoms with Crippen LogP contribution in [-0.4, -0.2) is 22.1 Å². The van der Waals surface area contributed by atoms with Gasteiger partial charge in [-0.1, -0.05) is 23.7 Å². The van der Waals surface area contributed by atoms with E-state index in [2.05, 4.69) is 20.3 Å². The molecule has 0 spiro atoms. The van der Waals surface area contributed by atoms with Crippen molar-refractivity contribution in [2.45, 2.75) is 12.7 Å². The number of benzene rings is 1. The van der Waals surface area contributed by atoms with E-state index < -0.39 is 11.7 Å². The molecule has 0 saturated heterocycles. The monoisotopic (exact) mass is 368 g/mol. The van der Waals surface area contributed by atoms with Gasteiger partial charge in [0.1, 0.15) is 29.0 Å². The van der Waals surface area contributed by atoms with Crippen LogP contribution in [0.3, 0.4) is 0 Å². The maximum absolute atomic E-state index is 13.3. The minimum absolute atomic E-state index is 0.00813. The SMILES string of the molecule is COc1ccc(CNc2nc3c(Cl)ncnc3cc2C(F)(F)F)cc1. The fourth-order valence-corrected chi connectivity index (χ4v) is 2.42. The van der Waals surface area contributed by atoms with Crippen molar-refractivity contribution in [1.29, 1.82) is 0 Å². The third kappa shape index (κ3) is 3.74. The largest absolute Gasteiger partial charge is 0.497 e. The summed E-state index contributed by atoms with van der Waals surface area (Å²) in [6.45, 7) is 0.150. The second-order valence-corrected chi connectivity index (χ2v) is 5.47. The minimum Gasteiger partial charge on any atom is -0.497 e. The molecule has 2 heterocycles. The fourth-order valence-electron chi connectivity index (χ4n) is 2.24. The van der Waals surface area contributed by atoms with Crippen LogP contribution in [0.1, 0.15) is 11.1 Å². The Morgan fingerprint density at radius 1 is 1.16 bits per heavy atom. The summed E-state index contributed by atoms with van der Waals surface area (Å²) in [7, 11) is 1.54. The summed E-state index contributed by atoms with van der Waals surface area (Å²) in [6.07, 6.45) is -3.49. The number of anilines is 1. The number of nitrogens with one attached hydrogen (secondary N) is 1. The lowest BCUT2D eigenvalue weighted by molar-refractivity contribution is -0.137. The van der Waals surface area contributed by atoms with Gasteiger partial charge in [0.2, 0.25) is 0 Å². The van der Waals surface area contributed by atoms with Crippen molar-refractivity contribution in [2.75, 3.05) is 12.4 Å². The van der Waals surface area contributed by atoms with Crippen LogP contribution < -0.4 is 10.1 Å². The van der Waals surface area contributed by atoms with Gasteiger partial charge in [-0.3, -0.25) is 0 Å². The molecule has 0 fully saturated rings. The highest BCUT2D eigenvalue weighted by Gasteiger charge is 2.35. The van der Waals surface area contributed by atoms with Gasteiger partial charge in [-0.15, -0.1) is 0 Å². The van der Waals surface area contributed by atoms with E-state index in [1.807, 2.05) is 0 Å². The molecule has 3 aromatic rings. The average Bonchev–Trinajstić information content (AvgIpc) is 2.59. The highest BCUT2D eigenvalue weighted by molar-refractivity contribution is 6.33. The summed E-state index contributed by atoms with van der Waals surface area (Å²) in [5.41, 5.74) is -0.00812. The maximum Gasteiger partial charge on any atom is 0.420 e. The Labute approximate surface area is 145 Å². The van der Waals surface area contributed by atoms with Crippen molar-refractivity contribution in [3.63, 3.8) is 0 Å². The van der Waals surface area contributed by atoms with Crippen molar-refractivity contribution in [3.8, 4) is 5.75 Å². The van der Waals surface area contributed by atoms with Gasteiger partial charge in [0.15, 0.2) is 5.15 Å². The smallest absolute Gasteiger partial charge is 0.420 e. The van der Waals surface area contributed by atoms with Crippen LogP contribution in [0.2, 0.25) is 5.15 Å². The lowest BCUT2D eigenvalue weighted by Crippen LogP contribution is -2.13. The minimum atomic E-state index is -4.58. The number of alkyl halides is 3. The zero-order chi connectivity index (χ0) is 18.0. The second kappa shape index (κ2) is 6.72. The Morgan fingerprint density at radius 2 is 1.88 bits per heavy atom. The van der Waals surface area contributed by atoms with Crippen molar-refractivity contribution in [2.24, 2.45) is 0 Å². The lowest BCUT2D eigenvalue weighted by atomic mass is 10.2. The summed E-state index contributed by atoms with van der Waals surface area (Å²) < 4.78 is 45.0. The van der Waals surface area contributed by atoms with Crippen LogP contribution >= 0.6 is 11.6 Å². The molecule has 130 valence electrons. The number of fused-ring (bicyclic) bond motifs is 1. The fraction of sp³-hybridized carbons (Fsp3) is 0.188. The second-order valence-electron chi connectivity index (χ2n) is 5.12. The Bertz CT molecular complexity index is 900. The summed E-state index contributed by atoms with van der Waals surface area (Å²) in [5.74, 6) is 0.333. The number of aromatic nitrogens is 3. The van der Waals surface area contributed by atoms with Crippen molar-refractivity contribution in [3.05, 3.63) is 52.9 Å². The summed E-state index contributed by atoms with van der Waals surface area (Å²) in [5, 5.41) is 2.70. The van der Waals surface area contributed by atoms with Gasteiger partial charge in [-0.25, -0.2) is 15.0 Å². The summed E-state index contributed by atoms with van der Waals surface area (Å²) >= 11 is 5.91. The molecule has 1 aromatic carbocycles. The average molecular weight is 369 g/mol. The zero-order valence-electron chi connectivity index (χ0n) is 12.9. The lowest BCUT2D eigenvalue weighted by Gasteiger charge is -2.15. The molecule has 9 heteroatoms. The molecule has 0 radical (unpaired) electrons. The van der Waals surface area contributed by atoms with Crippen LogP contribution in [0.25, 0.3) is 11.0 Å². The maximum atomic E-state index is 13.3. The molecule has 0 aliphatic heterocycles. The molecule has 0 saturated carbocycles. The summed E-state index contributed by atoms with van der Waals surface area (Å²) in [4.78, 5) is 11.5. The molecule has 5 nitrogen and oxygen atoms in total. The molecule has 25 heavy (non-hydrogen) atoms. The molecule has 0 unspecified atom stereocenters. The van der Waals surface area contributed by atoms with Gasteiger partial charge in [-0.05, 0) is 23.8 Å². The molecular formula is C16H12ClF3N4O. The van der Waals surface area contributed by atoms with Gasteiger partial charge in [0.25, 0.3) is 0 Å². The quantitative estimate of drug-likeness (QED) is 0.695. The molecule has 1 N–H and O–H groups in total. The Hall–Kier alpha value is -2.61. The number of hydrogen-bond donors (Lipinski definition) is 1. The van der Waals surface area contributed by atoms with E-state index in [1.165, 1.54) is 7.11 Å². The number of methoxy groups -OCH3 is 1. The Morgan fingerprint density at radius 3 is 2.52 bits per heavy atom. The molecule has 0 aliphatic carbocycles. The Kier molecular flexibility index (Phi) is 4.63. The van der Waals surface area contributed by atoms with Gasteiger partial charge in [0, 0.05) is 6.54 Å². The van der Waals surface area contributed by atoms with Crippen molar-refractivity contribution in [1.82, 2.24) is 15.0 Å². The number of hydrogen-bond acceptors (Lipinski definition) is 5. The van der Waals surface area contributed by atoms with Crippen LogP contribution in [0.5, 0.6) is 5.75 Å². The van der Waals surface area contributed by atoms with E-state index in [0.717, 1.165) is 18.0 Å². The number of ether oxygens (including phenoxy) is 1. The first kappa shape index (κ1) is 17.2. The Balaban J connectivity index is 1.96. The molecule has 2 aromatic heterocycles. The van der Waals surface area contributed by atoms with E-state index in [4.69, 9.17) is 16.3 Å². The zero-order valence-corrected chi connectivity index (χ0v) is 13.7. The number of nitrogens with zero attached hydrogens (tertiary/aromatic N) is 3. The highest BCUT2D eigenvalue weighted by atomic mass is 35.5. The molecule has 0 amide bonds. The van der Waals surface area contributed by atoms with Crippen LogP contribution in [0, 0.1) is 0 Å². The molecule has 3 rings (SSSR count). The van der Waals surface area contributed by atoms with Gasteiger partial charge in [0.05, 0.1) is 12.6 Å². The molecule has 0 bridgehead atoms. The number of halogens is 4. The van der Waals surface area contributed by atoms with E-state index in [0.29, 0.717) is 5.75 Å². The van der Waals surface area contributed by atoms with Crippen molar-refractivity contribution >= 4 is 28.5 Å². The first-order valence-corrected chi connectivity index (χ1v) is 7.51. The van der Waals surface area contributed by atoms with E-state index in [-0.39, 0.29) is 28.5 Å². The summed E-state index contributed by atoms with van der Waals surface area (Å²) in [6, 6.07) is 7.85. The van der Waals surface area contributed by atoms with Crippen LogP contribution in [0.4, 0.5) is 19.0 Å². The van der Waals surface area contributed by atoms with Gasteiger partial charge < -0.3 is 10.1 Å². The van der Waals surface area contributed by atoms with Gasteiger partial charge in [-0.2, -0.15) is 13.2 Å². The van der Waals surface area contributed by atoms with Crippen LogP contribution in [0.15, 0.2) is 36.7 Å². The standard InChI is InChI=1S/C16H12ClF3N4O/c1-25-10-4-2-9(3-5-10)7-21-15-11(16(18,19)20)6-12-13(24-15)14(17)23-8-22-12/h2-6,8H,7H2,1H3,(H,21,24). The molecule has 0 aliphatic rings. The third-order valence-corrected chi connectivity index (χ3v) is 3.77. The normalized spacial score (nSPS) is 11.6. The van der Waals surface area contributed by atoms with E-state index in [1.54, 1.807) is 24.3 Å². The molecule has 0 atom stereocenters. The first-order chi connectivity index (χ1) is 11.9. The predicted octanol–water partition coefficient (Wildman–Crippen LogP) is 4.32. The number of pyridine rings is 1.